The van der Waals surface area contributed by atoms with Gasteiger partial charge in [0.2, 0.25) is 0 Å². The van der Waals surface area contributed by atoms with Crippen LogP contribution in [-0.4, -0.2) is 37.2 Å². The van der Waals surface area contributed by atoms with E-state index in [4.69, 9.17) is 14.2 Å². The molecule has 0 saturated carbocycles. The maximum atomic E-state index is 12.8. The van der Waals surface area contributed by atoms with Gasteiger partial charge >= 0.3 is 17.9 Å². The fraction of sp³-hybridized carbons (Fsp3) is 0.708. The molecule has 0 heterocycles. The van der Waals surface area contributed by atoms with Crippen molar-refractivity contribution < 1.29 is 28.6 Å². The molecule has 446 valence electrons. The minimum atomic E-state index is -0.806. The van der Waals surface area contributed by atoms with Gasteiger partial charge in [0, 0.05) is 19.3 Å². The number of ether oxygens (including phenoxy) is 3. The molecule has 0 saturated heterocycles. The molecular formula is C72H122O6. The molecular weight excluding hydrogens is 961 g/mol. The van der Waals surface area contributed by atoms with Gasteiger partial charge in [0.15, 0.2) is 6.10 Å². The van der Waals surface area contributed by atoms with Gasteiger partial charge in [-0.1, -0.05) is 297 Å². The van der Waals surface area contributed by atoms with Gasteiger partial charge in [-0.25, -0.2) is 0 Å². The lowest BCUT2D eigenvalue weighted by Crippen LogP contribution is -2.30. The molecule has 0 amide bonds. The lowest BCUT2D eigenvalue weighted by atomic mass is 10.0. The van der Waals surface area contributed by atoms with Crippen molar-refractivity contribution in [3.63, 3.8) is 0 Å². The summed E-state index contributed by atoms with van der Waals surface area (Å²) < 4.78 is 16.8. The zero-order valence-electron chi connectivity index (χ0n) is 51.2. The first kappa shape index (κ1) is 74.1. The number of allylic oxidation sites excluding steroid dienone is 18. The smallest absolute Gasteiger partial charge is 0.306 e. The SMILES string of the molecule is CC/C=C\C/C=C\C/C=C\C/C=C\C/C=C\C/C=C\C/C=C\CCCC(=O)OC(COC(=O)CCCCCCCC)COC(=O)CCCCCCCCCCCCCCCCCCCCC/C=C\C/C=C\CCCCCCC. The topological polar surface area (TPSA) is 78.9 Å². The summed E-state index contributed by atoms with van der Waals surface area (Å²) in [5.41, 5.74) is 0. The van der Waals surface area contributed by atoms with Crippen LogP contribution in [0, 0.1) is 0 Å². The Balaban J connectivity index is 4.11. The highest BCUT2D eigenvalue weighted by Gasteiger charge is 2.19. The molecule has 1 atom stereocenters. The molecule has 6 nitrogen and oxygen atoms in total. The number of carbonyl (C=O) groups is 3. The molecule has 0 aliphatic carbocycles. The van der Waals surface area contributed by atoms with E-state index in [1.807, 2.05) is 0 Å². The molecule has 0 fully saturated rings. The van der Waals surface area contributed by atoms with Gasteiger partial charge in [-0.05, 0) is 103 Å². The summed E-state index contributed by atoms with van der Waals surface area (Å²) in [6.07, 6.45) is 90.1. The molecule has 0 radical (unpaired) electrons. The zero-order valence-corrected chi connectivity index (χ0v) is 51.2. The van der Waals surface area contributed by atoms with Gasteiger partial charge in [0.1, 0.15) is 13.2 Å². The minimum absolute atomic E-state index is 0.0997. The van der Waals surface area contributed by atoms with E-state index in [-0.39, 0.29) is 37.5 Å². The number of unbranched alkanes of at least 4 members (excludes halogenated alkanes) is 30. The van der Waals surface area contributed by atoms with Crippen LogP contribution < -0.4 is 0 Å². The third kappa shape index (κ3) is 62.9. The van der Waals surface area contributed by atoms with Crippen LogP contribution in [0.2, 0.25) is 0 Å². The number of rotatable bonds is 59. The Morgan fingerprint density at radius 1 is 0.269 bits per heavy atom. The largest absolute Gasteiger partial charge is 0.462 e. The summed E-state index contributed by atoms with van der Waals surface area (Å²) in [6.45, 7) is 6.43. The molecule has 0 aromatic rings. The first-order valence-corrected chi connectivity index (χ1v) is 32.9. The standard InChI is InChI=1S/C72H122O6/c1-4-7-10-13-16-18-20-22-24-26-28-30-32-33-34-35-36-37-38-39-41-42-44-46-48-50-52-54-56-59-62-65-71(74)77-68-69(67-76-70(73)64-61-58-15-12-9-6-3)78-72(75)66-63-60-57-55-53-51-49-47-45-43-40-31-29-27-25-23-21-19-17-14-11-8-5-2/h8,11,17,19-20,22-23,25-26,28-29,31,43,45,49,51,55,57,69H,4-7,9-10,12-16,18,21,24,27,30,32-42,44,46-48,50,52-54,56,58-68H2,1-3H3/b11-8-,19-17-,22-20-,25-23-,28-26-,31-29-,45-43-,51-49-,57-55-. The van der Waals surface area contributed by atoms with Crippen LogP contribution in [0.25, 0.3) is 0 Å². The highest BCUT2D eigenvalue weighted by molar-refractivity contribution is 5.71. The van der Waals surface area contributed by atoms with Gasteiger partial charge in [-0.3, -0.25) is 14.4 Å². The van der Waals surface area contributed by atoms with Crippen LogP contribution in [0.5, 0.6) is 0 Å². The second-order valence-electron chi connectivity index (χ2n) is 21.6. The van der Waals surface area contributed by atoms with Gasteiger partial charge in [-0.2, -0.15) is 0 Å². The van der Waals surface area contributed by atoms with Crippen LogP contribution in [0.3, 0.4) is 0 Å². The van der Waals surface area contributed by atoms with Crippen molar-refractivity contribution in [2.45, 2.75) is 316 Å². The van der Waals surface area contributed by atoms with Crippen molar-refractivity contribution in [2.75, 3.05) is 13.2 Å². The second kappa shape index (κ2) is 65.6. The van der Waals surface area contributed by atoms with Crippen molar-refractivity contribution in [3.8, 4) is 0 Å². The summed E-state index contributed by atoms with van der Waals surface area (Å²) in [4.78, 5) is 38.0. The Hall–Kier alpha value is -3.93. The lowest BCUT2D eigenvalue weighted by molar-refractivity contribution is -0.167. The van der Waals surface area contributed by atoms with Gasteiger partial charge in [-0.15, -0.1) is 0 Å². The van der Waals surface area contributed by atoms with Crippen LogP contribution in [0.1, 0.15) is 310 Å². The summed E-state index contributed by atoms with van der Waals surface area (Å²) in [5, 5.41) is 0. The van der Waals surface area contributed by atoms with Crippen molar-refractivity contribution in [2.24, 2.45) is 0 Å². The van der Waals surface area contributed by atoms with Gasteiger partial charge in [0.05, 0.1) is 0 Å². The van der Waals surface area contributed by atoms with Crippen LogP contribution in [0.15, 0.2) is 109 Å². The maximum absolute atomic E-state index is 12.8. The predicted molar refractivity (Wildman–Crippen MR) is 339 cm³/mol. The fourth-order valence-corrected chi connectivity index (χ4v) is 9.11. The Labute approximate surface area is 482 Å². The molecule has 0 rings (SSSR count). The fourth-order valence-electron chi connectivity index (χ4n) is 9.11. The highest BCUT2D eigenvalue weighted by atomic mass is 16.6. The number of carbonyl (C=O) groups excluding carboxylic acids is 3. The van der Waals surface area contributed by atoms with Crippen molar-refractivity contribution in [3.05, 3.63) is 109 Å². The third-order valence-electron chi connectivity index (χ3n) is 14.0. The Morgan fingerprint density at radius 3 is 0.821 bits per heavy atom. The van der Waals surface area contributed by atoms with E-state index in [0.717, 1.165) is 96.3 Å². The Bertz CT molecular complexity index is 1570. The van der Waals surface area contributed by atoms with Crippen LogP contribution >= 0.6 is 0 Å². The van der Waals surface area contributed by atoms with Crippen molar-refractivity contribution >= 4 is 17.9 Å². The van der Waals surface area contributed by atoms with E-state index in [9.17, 15) is 14.4 Å². The molecule has 1 unspecified atom stereocenters. The number of esters is 3. The Kier molecular flexibility index (Phi) is 62.3. The molecule has 78 heavy (non-hydrogen) atoms. The van der Waals surface area contributed by atoms with E-state index >= 15 is 0 Å². The van der Waals surface area contributed by atoms with Gasteiger partial charge in [0.25, 0.3) is 0 Å². The normalized spacial score (nSPS) is 12.8. The summed E-state index contributed by atoms with van der Waals surface area (Å²) in [7, 11) is 0. The molecule has 0 aromatic carbocycles. The monoisotopic (exact) mass is 1080 g/mol. The zero-order chi connectivity index (χ0) is 56.4. The molecule has 0 aromatic heterocycles. The predicted octanol–water partition coefficient (Wildman–Crippen LogP) is 22.6. The maximum Gasteiger partial charge on any atom is 0.306 e. The summed E-state index contributed by atoms with van der Waals surface area (Å²) >= 11 is 0. The molecule has 0 aliphatic heterocycles. The number of hydrogen-bond donors (Lipinski definition) is 0. The van der Waals surface area contributed by atoms with Crippen LogP contribution in [-0.2, 0) is 28.6 Å². The number of hydrogen-bond acceptors (Lipinski definition) is 6. The first-order chi connectivity index (χ1) is 38.5. The highest BCUT2D eigenvalue weighted by Crippen LogP contribution is 2.16. The van der Waals surface area contributed by atoms with Gasteiger partial charge < -0.3 is 14.2 Å². The van der Waals surface area contributed by atoms with Crippen molar-refractivity contribution in [1.29, 1.82) is 0 Å². The minimum Gasteiger partial charge on any atom is -0.462 e. The molecule has 6 heteroatoms. The van der Waals surface area contributed by atoms with E-state index in [1.165, 1.54) is 167 Å². The summed E-state index contributed by atoms with van der Waals surface area (Å²) in [5.74, 6) is -0.963. The second-order valence-corrected chi connectivity index (χ2v) is 21.6. The summed E-state index contributed by atoms with van der Waals surface area (Å²) in [6, 6.07) is 0. The van der Waals surface area contributed by atoms with E-state index in [0.29, 0.717) is 19.3 Å². The Morgan fingerprint density at radius 2 is 0.513 bits per heavy atom. The van der Waals surface area contributed by atoms with Crippen molar-refractivity contribution in [1.82, 2.24) is 0 Å². The molecule has 0 aliphatic rings. The lowest BCUT2D eigenvalue weighted by Gasteiger charge is -2.18. The third-order valence-corrected chi connectivity index (χ3v) is 14.0. The molecule has 0 N–H and O–H groups in total. The van der Waals surface area contributed by atoms with E-state index < -0.39 is 6.10 Å². The first-order valence-electron chi connectivity index (χ1n) is 32.9. The van der Waals surface area contributed by atoms with E-state index in [1.54, 1.807) is 0 Å². The quantitative estimate of drug-likeness (QED) is 0.0261. The molecule has 0 bridgehead atoms. The van der Waals surface area contributed by atoms with Crippen LogP contribution in [0.4, 0.5) is 0 Å². The molecule has 0 spiro atoms. The van der Waals surface area contributed by atoms with E-state index in [2.05, 4.69) is 130 Å². The average molecular weight is 1080 g/mol. The average Bonchev–Trinajstić information content (AvgIpc) is 3.44.